The predicted octanol–water partition coefficient (Wildman–Crippen LogP) is 3.80. The molecule has 21 heavy (non-hydrogen) atoms. The molecule has 0 aliphatic carbocycles. The third-order valence-corrected chi connectivity index (χ3v) is 5.27. The molecule has 1 aromatic carbocycles. The maximum atomic E-state index is 3.66. The van der Waals surface area contributed by atoms with Crippen molar-refractivity contribution in [2.45, 2.75) is 38.5 Å². The molecule has 1 atom stereocenters. The maximum Gasteiger partial charge on any atom is 0.0473 e. The van der Waals surface area contributed by atoms with E-state index in [1.165, 1.54) is 24.4 Å². The number of rotatable bonds is 6. The molecule has 2 rings (SSSR count). The smallest absolute Gasteiger partial charge is 0.0473 e. The zero-order chi connectivity index (χ0) is 15.3. The van der Waals surface area contributed by atoms with Crippen LogP contribution in [0, 0.1) is 5.92 Å². The Morgan fingerprint density at radius 3 is 2.52 bits per heavy atom. The van der Waals surface area contributed by atoms with Crippen molar-refractivity contribution in [3.05, 3.63) is 35.9 Å². The van der Waals surface area contributed by atoms with Crippen molar-refractivity contribution >= 4 is 11.8 Å². The molecule has 118 valence electrons. The van der Waals surface area contributed by atoms with Gasteiger partial charge in [-0.05, 0) is 31.9 Å². The molecular weight excluding hydrogens is 276 g/mol. The van der Waals surface area contributed by atoms with Crippen LogP contribution in [-0.4, -0.2) is 41.6 Å². The van der Waals surface area contributed by atoms with Gasteiger partial charge in [-0.2, -0.15) is 11.8 Å². The van der Waals surface area contributed by atoms with Gasteiger partial charge in [-0.3, -0.25) is 4.90 Å². The summed E-state index contributed by atoms with van der Waals surface area (Å²) in [7, 11) is 0. The van der Waals surface area contributed by atoms with Gasteiger partial charge in [0.1, 0.15) is 0 Å². The largest absolute Gasteiger partial charge is 0.315 e. The number of hydrogen-bond acceptors (Lipinski definition) is 3. The minimum absolute atomic E-state index is 0.364. The van der Waals surface area contributed by atoms with E-state index in [9.17, 15) is 0 Å². The summed E-state index contributed by atoms with van der Waals surface area (Å²) in [5.41, 5.74) is 1.44. The number of hydrogen-bond donors (Lipinski definition) is 1. The lowest BCUT2D eigenvalue weighted by atomic mass is 10.0. The quantitative estimate of drug-likeness (QED) is 0.860. The molecule has 1 heterocycles. The van der Waals surface area contributed by atoms with Crippen molar-refractivity contribution in [1.29, 1.82) is 0 Å². The molecule has 0 spiro atoms. The molecule has 1 aromatic rings. The van der Waals surface area contributed by atoms with Crippen LogP contribution in [0.15, 0.2) is 30.3 Å². The van der Waals surface area contributed by atoms with Gasteiger partial charge in [0.15, 0.2) is 0 Å². The molecule has 3 heteroatoms. The molecule has 1 aliphatic rings. The second kappa shape index (κ2) is 7.66. The number of nitrogens with zero attached hydrogens (tertiary/aromatic N) is 1. The highest BCUT2D eigenvalue weighted by Gasteiger charge is 2.31. The van der Waals surface area contributed by atoms with Gasteiger partial charge in [0.2, 0.25) is 0 Å². The summed E-state index contributed by atoms with van der Waals surface area (Å²) in [6.07, 6.45) is 0. The summed E-state index contributed by atoms with van der Waals surface area (Å²) >= 11 is 2.10. The zero-order valence-electron chi connectivity index (χ0n) is 13.9. The number of thioether (sulfide) groups is 1. The second-order valence-electron chi connectivity index (χ2n) is 7.06. The van der Waals surface area contributed by atoms with Gasteiger partial charge in [-0.15, -0.1) is 0 Å². The summed E-state index contributed by atoms with van der Waals surface area (Å²) in [4.78, 5) is 2.67. The van der Waals surface area contributed by atoms with Gasteiger partial charge in [-0.25, -0.2) is 0 Å². The summed E-state index contributed by atoms with van der Waals surface area (Å²) in [6.45, 7) is 13.8. The highest BCUT2D eigenvalue weighted by atomic mass is 32.2. The van der Waals surface area contributed by atoms with E-state index in [4.69, 9.17) is 0 Å². The Kier molecular flexibility index (Phi) is 6.15. The molecular formula is C18H30N2S. The Balaban J connectivity index is 2.08. The maximum absolute atomic E-state index is 3.66. The molecule has 1 saturated heterocycles. The van der Waals surface area contributed by atoms with Crippen molar-refractivity contribution in [1.82, 2.24) is 10.2 Å². The zero-order valence-corrected chi connectivity index (χ0v) is 14.7. The minimum atomic E-state index is 0.364. The van der Waals surface area contributed by atoms with Gasteiger partial charge in [0.25, 0.3) is 0 Å². The third kappa shape index (κ3) is 5.32. The SMILES string of the molecule is CC(C)CNCC(c1ccccc1)N1CCSC(C)(C)C1. The average Bonchev–Trinajstić information content (AvgIpc) is 2.43. The summed E-state index contributed by atoms with van der Waals surface area (Å²) in [5.74, 6) is 1.94. The first-order chi connectivity index (χ1) is 9.98. The highest BCUT2D eigenvalue weighted by molar-refractivity contribution is 8.00. The molecule has 0 bridgehead atoms. The summed E-state index contributed by atoms with van der Waals surface area (Å²) < 4.78 is 0.364. The van der Waals surface area contributed by atoms with Crippen LogP contribution >= 0.6 is 11.8 Å². The topological polar surface area (TPSA) is 15.3 Å². The van der Waals surface area contributed by atoms with E-state index in [0.29, 0.717) is 16.7 Å². The monoisotopic (exact) mass is 306 g/mol. The van der Waals surface area contributed by atoms with E-state index in [2.05, 4.69) is 80.0 Å². The Labute approximate surface area is 134 Å². The number of benzene rings is 1. The standard InChI is InChI=1S/C18H30N2S/c1-15(2)12-19-13-17(16-8-6-5-7-9-16)20-10-11-21-18(3,4)14-20/h5-9,15,17,19H,10-14H2,1-4H3. The first kappa shape index (κ1) is 16.9. The van der Waals surface area contributed by atoms with Crippen molar-refractivity contribution < 1.29 is 0 Å². The molecule has 2 nitrogen and oxygen atoms in total. The van der Waals surface area contributed by atoms with E-state index >= 15 is 0 Å². The van der Waals surface area contributed by atoms with Crippen LogP contribution in [0.5, 0.6) is 0 Å². The van der Waals surface area contributed by atoms with Crippen LogP contribution in [0.2, 0.25) is 0 Å². The van der Waals surface area contributed by atoms with Crippen molar-refractivity contribution in [3.63, 3.8) is 0 Å². The predicted molar refractivity (Wildman–Crippen MR) is 95.0 cm³/mol. The Morgan fingerprint density at radius 2 is 1.90 bits per heavy atom. The van der Waals surface area contributed by atoms with Gasteiger partial charge in [0.05, 0.1) is 0 Å². The molecule has 1 N–H and O–H groups in total. The molecule has 0 amide bonds. The first-order valence-electron chi connectivity index (χ1n) is 8.11. The summed E-state index contributed by atoms with van der Waals surface area (Å²) in [5, 5.41) is 3.66. The average molecular weight is 307 g/mol. The van der Waals surface area contributed by atoms with Gasteiger partial charge in [-0.1, -0.05) is 44.2 Å². The van der Waals surface area contributed by atoms with Crippen LogP contribution < -0.4 is 5.32 Å². The lowest BCUT2D eigenvalue weighted by Gasteiger charge is -2.42. The second-order valence-corrected chi connectivity index (χ2v) is 8.86. The van der Waals surface area contributed by atoms with Crippen molar-refractivity contribution in [2.75, 3.05) is 31.9 Å². The van der Waals surface area contributed by atoms with Crippen LogP contribution in [0.3, 0.4) is 0 Å². The van der Waals surface area contributed by atoms with E-state index in [1.54, 1.807) is 0 Å². The van der Waals surface area contributed by atoms with Gasteiger partial charge < -0.3 is 5.32 Å². The Morgan fingerprint density at radius 1 is 1.19 bits per heavy atom. The van der Waals surface area contributed by atoms with Gasteiger partial charge >= 0.3 is 0 Å². The van der Waals surface area contributed by atoms with E-state index in [0.717, 1.165) is 13.1 Å². The fourth-order valence-corrected chi connectivity index (χ4v) is 4.10. The Bertz CT molecular complexity index is 416. The molecule has 1 aliphatic heterocycles. The minimum Gasteiger partial charge on any atom is -0.315 e. The van der Waals surface area contributed by atoms with Crippen LogP contribution in [0.4, 0.5) is 0 Å². The van der Waals surface area contributed by atoms with Crippen molar-refractivity contribution in [3.8, 4) is 0 Å². The fraction of sp³-hybridized carbons (Fsp3) is 0.667. The number of nitrogens with one attached hydrogen (secondary N) is 1. The molecule has 0 aromatic heterocycles. The highest BCUT2D eigenvalue weighted by Crippen LogP contribution is 2.33. The van der Waals surface area contributed by atoms with E-state index in [1.807, 2.05) is 0 Å². The normalized spacial score (nSPS) is 20.6. The van der Waals surface area contributed by atoms with E-state index in [-0.39, 0.29) is 0 Å². The van der Waals surface area contributed by atoms with Crippen LogP contribution in [0.1, 0.15) is 39.3 Å². The first-order valence-corrected chi connectivity index (χ1v) is 9.10. The molecule has 1 fully saturated rings. The molecule has 0 radical (unpaired) electrons. The molecule has 0 saturated carbocycles. The summed E-state index contributed by atoms with van der Waals surface area (Å²) in [6, 6.07) is 11.5. The fourth-order valence-electron chi connectivity index (χ4n) is 2.96. The van der Waals surface area contributed by atoms with Crippen molar-refractivity contribution in [2.24, 2.45) is 5.92 Å². The Hall–Kier alpha value is -0.510. The van der Waals surface area contributed by atoms with E-state index < -0.39 is 0 Å². The lowest BCUT2D eigenvalue weighted by Crippen LogP contribution is -2.47. The van der Waals surface area contributed by atoms with Crippen LogP contribution in [-0.2, 0) is 0 Å². The van der Waals surface area contributed by atoms with Gasteiger partial charge in [0, 0.05) is 36.2 Å². The third-order valence-electron chi connectivity index (χ3n) is 3.97. The molecule has 1 unspecified atom stereocenters. The lowest BCUT2D eigenvalue weighted by molar-refractivity contribution is 0.183. The van der Waals surface area contributed by atoms with Crippen LogP contribution in [0.25, 0.3) is 0 Å².